The summed E-state index contributed by atoms with van der Waals surface area (Å²) < 4.78 is 11.8. The Labute approximate surface area is 195 Å². The van der Waals surface area contributed by atoms with Gasteiger partial charge < -0.3 is 24.2 Å². The van der Waals surface area contributed by atoms with Crippen LogP contribution in [0.15, 0.2) is 64.4 Å². The van der Waals surface area contributed by atoms with Crippen LogP contribution in [0.1, 0.15) is 11.3 Å². The van der Waals surface area contributed by atoms with E-state index in [1.54, 1.807) is 31.2 Å². The van der Waals surface area contributed by atoms with Crippen molar-refractivity contribution in [3.63, 3.8) is 0 Å². The largest absolute Gasteiger partial charge is 0.493 e. The quantitative estimate of drug-likeness (QED) is 0.574. The molecule has 9 heteroatoms. The highest BCUT2D eigenvalue weighted by Crippen LogP contribution is 2.29. The zero-order valence-electron chi connectivity index (χ0n) is 19.0. The van der Waals surface area contributed by atoms with E-state index in [-0.39, 0.29) is 23.6 Å². The summed E-state index contributed by atoms with van der Waals surface area (Å²) in [5, 5.41) is 3.41. The van der Waals surface area contributed by atoms with Crippen LogP contribution in [0.25, 0.3) is 12.5 Å². The van der Waals surface area contributed by atoms with Crippen LogP contribution < -0.4 is 36.3 Å². The molecule has 0 bridgehead atoms. The molecule has 9 nitrogen and oxygen atoms in total. The predicted molar refractivity (Wildman–Crippen MR) is 129 cm³/mol. The third-order valence-electron chi connectivity index (χ3n) is 5.28. The highest BCUT2D eigenvalue weighted by Gasteiger charge is 2.18. The van der Waals surface area contributed by atoms with Gasteiger partial charge >= 0.3 is 0 Å². The number of nitrogens with one attached hydrogen (secondary N) is 2. The van der Waals surface area contributed by atoms with E-state index in [2.05, 4.69) is 22.4 Å². The van der Waals surface area contributed by atoms with Crippen molar-refractivity contribution in [1.29, 1.82) is 0 Å². The van der Waals surface area contributed by atoms with Crippen LogP contribution in [0, 0.1) is 6.92 Å². The zero-order chi connectivity index (χ0) is 24.2. The molecule has 2 heterocycles. The second-order valence-electron chi connectivity index (χ2n) is 7.53. The molecule has 0 unspecified atom stereocenters. The van der Waals surface area contributed by atoms with Gasteiger partial charge in [-0.15, -0.1) is 0 Å². The molecule has 34 heavy (non-hydrogen) atoms. The Morgan fingerprint density at radius 1 is 1.12 bits per heavy atom. The number of carbonyl (C=O) groups excluding carboxylic acids is 1. The maximum Gasteiger partial charge on any atom is 0.264 e. The maximum absolute atomic E-state index is 13.3. The smallest absolute Gasteiger partial charge is 0.264 e. The SMILES string of the molecule is C=c1cc(C)n(CC(=O)Nc2ccc(OC)c(OC)c2)c(=O)c1=C1N=C(c2ccccc2)NO1. The molecule has 0 saturated carbocycles. The van der Waals surface area contributed by atoms with Crippen LogP contribution in [-0.2, 0) is 16.2 Å². The molecule has 0 fully saturated rings. The van der Waals surface area contributed by atoms with Crippen molar-refractivity contribution < 1.29 is 19.1 Å². The number of aliphatic imine (C=N–C) groups is 1. The van der Waals surface area contributed by atoms with Crippen molar-refractivity contribution in [3.05, 3.63) is 86.6 Å². The summed E-state index contributed by atoms with van der Waals surface area (Å²) in [6.45, 7) is 5.50. The molecule has 1 amide bonds. The number of aryl methyl sites for hydroxylation is 1. The Kier molecular flexibility index (Phi) is 6.35. The molecule has 174 valence electrons. The molecule has 3 aromatic rings. The molecule has 2 N–H and O–H groups in total. The number of nitrogens with zero attached hydrogens (tertiary/aromatic N) is 2. The first-order chi connectivity index (χ1) is 16.4. The number of carbonyl (C=O) groups is 1. The first-order valence-corrected chi connectivity index (χ1v) is 10.4. The Bertz CT molecular complexity index is 1440. The number of benzene rings is 2. The van der Waals surface area contributed by atoms with Gasteiger partial charge in [0, 0.05) is 23.0 Å². The number of ether oxygens (including phenoxy) is 2. The Morgan fingerprint density at radius 2 is 1.85 bits per heavy atom. The van der Waals surface area contributed by atoms with Crippen LogP contribution in [-0.4, -0.2) is 30.5 Å². The van der Waals surface area contributed by atoms with Gasteiger partial charge in [0.25, 0.3) is 11.4 Å². The number of hydrogen-bond acceptors (Lipinski definition) is 7. The molecule has 0 atom stereocenters. The Morgan fingerprint density at radius 3 is 2.56 bits per heavy atom. The Hall–Kier alpha value is -4.53. The van der Waals surface area contributed by atoms with Gasteiger partial charge in [0.15, 0.2) is 17.3 Å². The molecular weight excluding hydrogens is 436 g/mol. The van der Waals surface area contributed by atoms with E-state index < -0.39 is 5.56 Å². The second-order valence-corrected chi connectivity index (χ2v) is 7.53. The third-order valence-corrected chi connectivity index (χ3v) is 5.28. The van der Waals surface area contributed by atoms with Gasteiger partial charge in [0.1, 0.15) is 11.8 Å². The lowest BCUT2D eigenvalue weighted by molar-refractivity contribution is -0.116. The van der Waals surface area contributed by atoms with Gasteiger partial charge in [-0.3, -0.25) is 9.59 Å². The van der Waals surface area contributed by atoms with E-state index in [1.807, 2.05) is 30.3 Å². The van der Waals surface area contributed by atoms with Crippen LogP contribution >= 0.6 is 0 Å². The summed E-state index contributed by atoms with van der Waals surface area (Å²) in [5.74, 6) is 1.22. The fourth-order valence-corrected chi connectivity index (χ4v) is 3.59. The van der Waals surface area contributed by atoms with Gasteiger partial charge in [0.2, 0.25) is 5.91 Å². The van der Waals surface area contributed by atoms with Crippen LogP contribution in [0.2, 0.25) is 0 Å². The summed E-state index contributed by atoms with van der Waals surface area (Å²) >= 11 is 0. The van der Waals surface area contributed by atoms with Gasteiger partial charge in [-0.2, -0.15) is 4.99 Å². The van der Waals surface area contributed by atoms with Crippen molar-refractivity contribution in [2.45, 2.75) is 13.5 Å². The highest BCUT2D eigenvalue weighted by atomic mass is 16.7. The van der Waals surface area contributed by atoms with Gasteiger partial charge in [-0.25, -0.2) is 5.48 Å². The number of pyridine rings is 1. The molecule has 4 rings (SSSR count). The topological polar surface area (TPSA) is 103 Å². The number of aromatic nitrogens is 1. The lowest BCUT2D eigenvalue weighted by Gasteiger charge is -2.13. The summed E-state index contributed by atoms with van der Waals surface area (Å²) in [5.41, 5.74) is 4.22. The number of hydroxylamine groups is 1. The number of amidine groups is 1. The average Bonchev–Trinajstić information content (AvgIpc) is 3.32. The molecule has 1 aliphatic heterocycles. The monoisotopic (exact) mass is 460 g/mol. The number of anilines is 1. The standard InChI is InChI=1S/C25H24N4O5/c1-15-12-16(2)29(14-21(30)26-18-10-11-19(32-3)20(13-18)33-4)25(31)22(15)24-27-23(28-34-24)17-8-6-5-7-9-17/h5-13H,1,14H2,2-4H3,(H,26,30)(H,27,28). The number of amides is 1. The van der Waals surface area contributed by atoms with Crippen LogP contribution in [0.4, 0.5) is 5.69 Å². The lowest BCUT2D eigenvalue weighted by atomic mass is 10.2. The number of methoxy groups -OCH3 is 2. The second kappa shape index (κ2) is 9.53. The van der Waals surface area contributed by atoms with Crippen molar-refractivity contribution in [2.24, 2.45) is 4.99 Å². The number of hydrogen-bond donors (Lipinski definition) is 2. The van der Waals surface area contributed by atoms with Crippen molar-refractivity contribution >= 4 is 29.9 Å². The van der Waals surface area contributed by atoms with E-state index >= 15 is 0 Å². The van der Waals surface area contributed by atoms with Gasteiger partial charge in [0.05, 0.1) is 14.2 Å². The summed E-state index contributed by atoms with van der Waals surface area (Å²) in [6.07, 6.45) is 0. The van der Waals surface area contributed by atoms with E-state index in [0.717, 1.165) is 5.56 Å². The van der Waals surface area contributed by atoms with Crippen LogP contribution in [0.3, 0.4) is 0 Å². The van der Waals surface area contributed by atoms with Crippen LogP contribution in [0.5, 0.6) is 11.5 Å². The minimum absolute atomic E-state index is 0.0999. The highest BCUT2D eigenvalue weighted by molar-refractivity contribution is 6.01. The Balaban J connectivity index is 1.66. The molecule has 0 spiro atoms. The fourth-order valence-electron chi connectivity index (χ4n) is 3.59. The van der Waals surface area contributed by atoms with Gasteiger partial charge in [-0.05, 0) is 30.3 Å². The predicted octanol–water partition coefficient (Wildman–Crippen LogP) is 1.27. The minimum Gasteiger partial charge on any atom is -0.493 e. The van der Waals surface area contributed by atoms with E-state index in [0.29, 0.717) is 33.9 Å². The van der Waals surface area contributed by atoms with Crippen molar-refractivity contribution in [2.75, 3.05) is 19.5 Å². The third kappa shape index (κ3) is 4.49. The van der Waals surface area contributed by atoms with E-state index in [9.17, 15) is 9.59 Å². The maximum atomic E-state index is 13.3. The van der Waals surface area contributed by atoms with E-state index in [1.165, 1.54) is 18.8 Å². The molecule has 0 aliphatic carbocycles. The zero-order valence-corrected chi connectivity index (χ0v) is 19.0. The molecule has 1 aliphatic rings. The molecule has 0 saturated heterocycles. The van der Waals surface area contributed by atoms with Gasteiger partial charge in [-0.1, -0.05) is 36.9 Å². The minimum atomic E-state index is -0.428. The summed E-state index contributed by atoms with van der Waals surface area (Å²) in [4.78, 5) is 36.0. The summed E-state index contributed by atoms with van der Waals surface area (Å²) in [7, 11) is 3.04. The molecule has 1 aromatic heterocycles. The lowest BCUT2D eigenvalue weighted by Crippen LogP contribution is -2.47. The molecule has 2 aromatic carbocycles. The van der Waals surface area contributed by atoms with Crippen molar-refractivity contribution in [3.8, 4) is 11.5 Å². The normalized spacial score (nSPS) is 14.0. The fraction of sp³-hybridized carbons (Fsp3) is 0.160. The number of rotatable bonds is 6. The molecule has 0 radical (unpaired) electrons. The first-order valence-electron chi connectivity index (χ1n) is 10.4. The average molecular weight is 460 g/mol. The van der Waals surface area contributed by atoms with Crippen molar-refractivity contribution in [1.82, 2.24) is 10.0 Å². The first kappa shape index (κ1) is 22.7. The van der Waals surface area contributed by atoms with E-state index in [4.69, 9.17) is 14.3 Å². The molecular formula is C25H24N4O5. The summed E-state index contributed by atoms with van der Waals surface area (Å²) in [6, 6.07) is 16.1.